The van der Waals surface area contributed by atoms with Crippen molar-refractivity contribution in [1.29, 1.82) is 0 Å². The molecular weight excluding hydrogens is 373 g/mol. The smallest absolute Gasteiger partial charge is 0.353 e. The van der Waals surface area contributed by atoms with Crippen molar-refractivity contribution in [2.45, 2.75) is 19.1 Å². The van der Waals surface area contributed by atoms with Crippen molar-refractivity contribution in [3.8, 4) is 0 Å². The lowest BCUT2D eigenvalue weighted by molar-refractivity contribution is -0.150. The number of halogens is 4. The second-order valence-corrected chi connectivity index (χ2v) is 6.66. The van der Waals surface area contributed by atoms with Crippen LogP contribution in [0.3, 0.4) is 0 Å². The zero-order valence-corrected chi connectivity index (χ0v) is 14.1. The molecule has 4 nitrogen and oxygen atoms in total. The molecule has 1 fully saturated rings. The average Bonchev–Trinajstić information content (AvgIpc) is 2.47. The molecule has 0 saturated carbocycles. The first-order valence-corrected chi connectivity index (χ1v) is 8.09. The number of alkyl halides is 3. The van der Waals surface area contributed by atoms with Crippen LogP contribution >= 0.6 is 15.9 Å². The Kier molecular flexibility index (Phi) is 4.46. The number of hydrogen-bond acceptors (Lipinski definition) is 4. The summed E-state index contributed by atoms with van der Waals surface area (Å²) in [7, 11) is 0. The molecule has 0 N–H and O–H groups in total. The van der Waals surface area contributed by atoms with E-state index in [1.807, 2.05) is 30.0 Å². The Hall–Kier alpha value is -1.41. The van der Waals surface area contributed by atoms with E-state index in [-0.39, 0.29) is 6.04 Å². The summed E-state index contributed by atoms with van der Waals surface area (Å²) in [5.74, 6) is 0.773. The van der Waals surface area contributed by atoms with Crippen LogP contribution in [0, 0.1) is 0 Å². The predicted molar refractivity (Wildman–Crippen MR) is 86.5 cm³/mol. The molecule has 0 radical (unpaired) electrons. The highest BCUT2D eigenvalue weighted by atomic mass is 79.9. The Morgan fingerprint density at radius 3 is 2.74 bits per heavy atom. The van der Waals surface area contributed by atoms with Crippen LogP contribution in [0.5, 0.6) is 0 Å². The van der Waals surface area contributed by atoms with Crippen LogP contribution in [-0.4, -0.2) is 53.3 Å². The number of fused-ring (bicyclic) bond motifs is 1. The number of benzene rings is 1. The van der Waals surface area contributed by atoms with Crippen molar-refractivity contribution in [2.24, 2.45) is 0 Å². The molecule has 1 saturated heterocycles. The van der Waals surface area contributed by atoms with Gasteiger partial charge < -0.3 is 4.90 Å². The van der Waals surface area contributed by atoms with Crippen LogP contribution in [0.15, 0.2) is 29.0 Å². The Balaban J connectivity index is 1.83. The molecule has 23 heavy (non-hydrogen) atoms. The zero-order chi connectivity index (χ0) is 16.6. The van der Waals surface area contributed by atoms with Gasteiger partial charge in [0.25, 0.3) is 0 Å². The molecule has 1 aromatic heterocycles. The van der Waals surface area contributed by atoms with Crippen LogP contribution < -0.4 is 4.90 Å². The van der Waals surface area contributed by atoms with Gasteiger partial charge in [-0.15, -0.1) is 0 Å². The van der Waals surface area contributed by atoms with E-state index in [1.54, 1.807) is 0 Å². The quantitative estimate of drug-likeness (QED) is 0.788. The number of piperazine rings is 1. The number of rotatable bonds is 2. The van der Waals surface area contributed by atoms with Crippen molar-refractivity contribution in [2.75, 3.05) is 31.1 Å². The molecule has 124 valence electrons. The van der Waals surface area contributed by atoms with Gasteiger partial charge in [0.1, 0.15) is 12.1 Å². The number of aromatic nitrogens is 2. The van der Waals surface area contributed by atoms with E-state index < -0.39 is 12.7 Å². The lowest BCUT2D eigenvalue weighted by atomic mass is 10.1. The summed E-state index contributed by atoms with van der Waals surface area (Å²) in [5.41, 5.74) is 0.823. The van der Waals surface area contributed by atoms with Crippen LogP contribution in [-0.2, 0) is 0 Å². The average molecular weight is 389 g/mol. The van der Waals surface area contributed by atoms with E-state index in [0.717, 1.165) is 21.2 Å². The summed E-state index contributed by atoms with van der Waals surface area (Å²) >= 11 is 3.44. The Morgan fingerprint density at radius 1 is 1.26 bits per heavy atom. The highest BCUT2D eigenvalue weighted by molar-refractivity contribution is 9.10. The molecule has 0 spiro atoms. The maximum atomic E-state index is 12.6. The van der Waals surface area contributed by atoms with Gasteiger partial charge in [-0.05, 0) is 25.1 Å². The zero-order valence-electron chi connectivity index (χ0n) is 12.5. The molecule has 2 aromatic rings. The number of anilines is 1. The normalized spacial score (nSPS) is 20.2. The summed E-state index contributed by atoms with van der Waals surface area (Å²) in [5, 5.41) is 0.901. The second-order valence-electron chi connectivity index (χ2n) is 5.74. The SMILES string of the molecule is CC1CN(c2ncnc3ccc(Br)cc23)CCN1CC(F)(F)F. The molecular formula is C15H16BrF3N4. The van der Waals surface area contributed by atoms with Crippen LogP contribution in [0.2, 0.25) is 0 Å². The van der Waals surface area contributed by atoms with Crippen LogP contribution in [0.25, 0.3) is 10.9 Å². The number of hydrogen-bond donors (Lipinski definition) is 0. The lowest BCUT2D eigenvalue weighted by Crippen LogP contribution is -2.54. The standard InChI is InChI=1S/C15H16BrF3N4/c1-10-7-22(4-5-23(10)8-15(17,18)19)14-12-6-11(16)2-3-13(12)20-9-21-14/h2-3,6,9-10H,4-5,7-8H2,1H3. The van der Waals surface area contributed by atoms with Crippen molar-refractivity contribution < 1.29 is 13.2 Å². The maximum Gasteiger partial charge on any atom is 0.401 e. The third-order valence-corrected chi connectivity index (χ3v) is 4.52. The molecule has 1 aliphatic heterocycles. The maximum absolute atomic E-state index is 12.6. The Morgan fingerprint density at radius 2 is 2.04 bits per heavy atom. The first-order valence-electron chi connectivity index (χ1n) is 7.29. The minimum atomic E-state index is -4.16. The fourth-order valence-corrected chi connectivity index (χ4v) is 3.28. The molecule has 0 bridgehead atoms. The highest BCUT2D eigenvalue weighted by Crippen LogP contribution is 2.28. The summed E-state index contributed by atoms with van der Waals surface area (Å²) in [6.07, 6.45) is -2.67. The van der Waals surface area contributed by atoms with Gasteiger partial charge in [-0.2, -0.15) is 13.2 Å². The first kappa shape index (κ1) is 16.4. The fourth-order valence-electron chi connectivity index (χ4n) is 2.92. The minimum absolute atomic E-state index is 0.192. The van der Waals surface area contributed by atoms with E-state index in [2.05, 4.69) is 25.9 Å². The second kappa shape index (κ2) is 6.24. The fraction of sp³-hybridized carbons (Fsp3) is 0.467. The molecule has 0 aliphatic carbocycles. The largest absolute Gasteiger partial charge is 0.401 e. The molecule has 1 aliphatic rings. The van der Waals surface area contributed by atoms with Crippen LogP contribution in [0.4, 0.5) is 19.0 Å². The molecule has 1 unspecified atom stereocenters. The molecule has 1 aromatic carbocycles. The minimum Gasteiger partial charge on any atom is -0.353 e. The summed E-state index contributed by atoms with van der Waals surface area (Å²) < 4.78 is 38.7. The van der Waals surface area contributed by atoms with E-state index in [9.17, 15) is 13.2 Å². The van der Waals surface area contributed by atoms with Gasteiger partial charge in [-0.3, -0.25) is 4.90 Å². The van der Waals surface area contributed by atoms with E-state index in [0.29, 0.717) is 19.6 Å². The molecule has 0 amide bonds. The Labute approximate surface area is 140 Å². The monoisotopic (exact) mass is 388 g/mol. The van der Waals surface area contributed by atoms with E-state index in [1.165, 1.54) is 11.2 Å². The van der Waals surface area contributed by atoms with E-state index in [4.69, 9.17) is 0 Å². The molecule has 3 rings (SSSR count). The first-order chi connectivity index (χ1) is 10.8. The predicted octanol–water partition coefficient (Wildman–Crippen LogP) is 3.47. The third kappa shape index (κ3) is 3.74. The summed E-state index contributed by atoms with van der Waals surface area (Å²) in [6, 6.07) is 5.55. The Bertz CT molecular complexity index is 707. The van der Waals surface area contributed by atoms with E-state index >= 15 is 0 Å². The van der Waals surface area contributed by atoms with Gasteiger partial charge in [0.2, 0.25) is 0 Å². The third-order valence-electron chi connectivity index (χ3n) is 4.02. The van der Waals surface area contributed by atoms with Gasteiger partial charge in [-0.25, -0.2) is 9.97 Å². The molecule has 1 atom stereocenters. The summed E-state index contributed by atoms with van der Waals surface area (Å²) in [4.78, 5) is 12.1. The van der Waals surface area contributed by atoms with Crippen LogP contribution in [0.1, 0.15) is 6.92 Å². The van der Waals surface area contributed by atoms with Gasteiger partial charge in [0.05, 0.1) is 12.1 Å². The van der Waals surface area contributed by atoms with Gasteiger partial charge >= 0.3 is 6.18 Å². The lowest BCUT2D eigenvalue weighted by Gasteiger charge is -2.40. The van der Waals surface area contributed by atoms with Crippen molar-refractivity contribution in [1.82, 2.24) is 14.9 Å². The topological polar surface area (TPSA) is 32.3 Å². The summed E-state index contributed by atoms with van der Waals surface area (Å²) in [6.45, 7) is 2.34. The highest BCUT2D eigenvalue weighted by Gasteiger charge is 2.35. The number of nitrogens with zero attached hydrogens (tertiary/aromatic N) is 4. The van der Waals surface area contributed by atoms with Crippen molar-refractivity contribution in [3.63, 3.8) is 0 Å². The van der Waals surface area contributed by atoms with Gasteiger partial charge in [-0.1, -0.05) is 15.9 Å². The molecule has 8 heteroatoms. The van der Waals surface area contributed by atoms with Gasteiger partial charge in [0.15, 0.2) is 0 Å². The van der Waals surface area contributed by atoms with Gasteiger partial charge in [0, 0.05) is 35.5 Å². The van der Waals surface area contributed by atoms with Crippen molar-refractivity contribution >= 4 is 32.7 Å². The molecule has 2 heterocycles. The van der Waals surface area contributed by atoms with Crippen molar-refractivity contribution in [3.05, 3.63) is 29.0 Å².